The third kappa shape index (κ3) is 5.09. The number of fused-ring (bicyclic) bond motifs is 4. The van der Waals surface area contributed by atoms with Crippen molar-refractivity contribution in [2.24, 2.45) is 0 Å². The van der Waals surface area contributed by atoms with Gasteiger partial charge in [0.05, 0.1) is 17.9 Å². The predicted octanol–water partition coefficient (Wildman–Crippen LogP) is 5.86. The Balaban J connectivity index is 1.52. The molecule has 0 unspecified atom stereocenters. The van der Waals surface area contributed by atoms with Crippen LogP contribution in [0.3, 0.4) is 0 Å². The lowest BCUT2D eigenvalue weighted by Crippen LogP contribution is -2.25. The van der Waals surface area contributed by atoms with Crippen molar-refractivity contribution in [3.05, 3.63) is 88.2 Å². The van der Waals surface area contributed by atoms with Crippen LogP contribution in [-0.2, 0) is 6.42 Å². The molecule has 4 heterocycles. The van der Waals surface area contributed by atoms with E-state index in [2.05, 4.69) is 26.7 Å². The minimum atomic E-state index is -1.35. The molecule has 11 heteroatoms. The van der Waals surface area contributed by atoms with Gasteiger partial charge in [0.1, 0.15) is 17.5 Å². The number of ether oxygens (including phenoxy) is 1. The van der Waals surface area contributed by atoms with Crippen LogP contribution >= 0.6 is 11.3 Å². The van der Waals surface area contributed by atoms with E-state index in [1.165, 1.54) is 23.5 Å². The molecule has 1 aliphatic rings. The molecule has 1 aliphatic heterocycles. The number of nitriles is 1. The number of aromatic carboxylic acids is 1. The van der Waals surface area contributed by atoms with Crippen molar-refractivity contribution in [2.45, 2.75) is 19.8 Å². The smallest absolute Gasteiger partial charge is 0.355 e. The summed E-state index contributed by atoms with van der Waals surface area (Å²) in [7, 11) is 0. The van der Waals surface area contributed by atoms with E-state index in [9.17, 15) is 24.8 Å². The van der Waals surface area contributed by atoms with Crippen LogP contribution in [0, 0.1) is 11.3 Å². The first-order valence-electron chi connectivity index (χ1n) is 13.6. The number of benzene rings is 2. The number of carboxylic acid groups (broad SMARTS) is 1. The molecule has 10 nitrogen and oxygen atoms in total. The summed E-state index contributed by atoms with van der Waals surface area (Å²) in [6, 6.07) is 15.6. The lowest BCUT2D eigenvalue weighted by atomic mass is 9.93. The van der Waals surface area contributed by atoms with Gasteiger partial charge in [-0.1, -0.05) is 6.92 Å². The van der Waals surface area contributed by atoms with E-state index in [4.69, 9.17) is 4.74 Å². The molecule has 0 fully saturated rings. The Morgan fingerprint density at radius 2 is 1.95 bits per heavy atom. The number of hydrogen-bond acceptors (Lipinski definition) is 7. The van der Waals surface area contributed by atoms with Crippen LogP contribution < -0.4 is 15.4 Å². The largest absolute Gasteiger partial charge is 0.493 e. The number of rotatable bonds is 7. The third-order valence-electron chi connectivity index (χ3n) is 7.24. The van der Waals surface area contributed by atoms with Gasteiger partial charge in [-0.2, -0.15) is 5.26 Å². The van der Waals surface area contributed by atoms with Gasteiger partial charge in [-0.05, 0) is 65.9 Å². The molecule has 5 aromatic rings. The molecule has 0 atom stereocenters. The first kappa shape index (κ1) is 27.7. The number of pyridine rings is 1. The topological polar surface area (TPSA) is 157 Å². The Morgan fingerprint density at radius 3 is 2.74 bits per heavy atom. The van der Waals surface area contributed by atoms with Crippen LogP contribution in [0.5, 0.6) is 5.75 Å². The second-order valence-corrected chi connectivity index (χ2v) is 10.8. The lowest BCUT2D eigenvalue weighted by molar-refractivity contribution is 0.0691. The number of carbonyl (C=O) groups excluding carboxylic acids is 2. The summed E-state index contributed by atoms with van der Waals surface area (Å²) in [4.78, 5) is 47.3. The Bertz CT molecular complexity index is 1970. The van der Waals surface area contributed by atoms with Gasteiger partial charge < -0.3 is 25.5 Å². The summed E-state index contributed by atoms with van der Waals surface area (Å²) in [6.07, 6.45) is 3.10. The zero-order valence-electron chi connectivity index (χ0n) is 23.0. The average Bonchev–Trinajstić information content (AvgIpc) is 3.65. The highest BCUT2D eigenvalue weighted by Crippen LogP contribution is 2.43. The third-order valence-corrected chi connectivity index (χ3v) is 8.23. The predicted molar refractivity (Wildman–Crippen MR) is 163 cm³/mol. The van der Waals surface area contributed by atoms with Gasteiger partial charge >= 0.3 is 5.97 Å². The summed E-state index contributed by atoms with van der Waals surface area (Å²) in [5.74, 6) is -1.89. The number of H-pyrrole nitrogens is 1. The molecule has 0 saturated carbocycles. The Morgan fingerprint density at radius 1 is 1.09 bits per heavy atom. The molecule has 3 aromatic heterocycles. The maximum absolute atomic E-state index is 14.0. The van der Waals surface area contributed by atoms with Crippen LogP contribution in [0.4, 0.5) is 5.69 Å². The zero-order valence-corrected chi connectivity index (χ0v) is 23.8. The van der Waals surface area contributed by atoms with E-state index in [0.29, 0.717) is 53.9 Å². The number of carboxylic acids is 1. The van der Waals surface area contributed by atoms with Gasteiger partial charge in [-0.3, -0.25) is 9.59 Å². The van der Waals surface area contributed by atoms with Crippen molar-refractivity contribution in [3.63, 3.8) is 0 Å². The molecular weight excluding hydrogens is 566 g/mol. The second kappa shape index (κ2) is 11.4. The Labute approximate surface area is 250 Å². The monoisotopic (exact) mass is 591 g/mol. The molecule has 214 valence electrons. The number of nitrogens with zero attached hydrogens (tertiary/aromatic N) is 2. The molecule has 0 radical (unpaired) electrons. The first-order valence-corrected chi connectivity index (χ1v) is 14.5. The summed E-state index contributed by atoms with van der Waals surface area (Å²) in [5, 5.41) is 28.3. The molecule has 2 aromatic carbocycles. The fourth-order valence-electron chi connectivity index (χ4n) is 5.17. The number of anilines is 1. The van der Waals surface area contributed by atoms with Gasteiger partial charge in [0, 0.05) is 57.2 Å². The molecule has 0 bridgehead atoms. The van der Waals surface area contributed by atoms with E-state index in [1.54, 1.807) is 36.5 Å². The van der Waals surface area contributed by atoms with E-state index < -0.39 is 17.8 Å². The van der Waals surface area contributed by atoms with E-state index >= 15 is 0 Å². The van der Waals surface area contributed by atoms with E-state index in [-0.39, 0.29) is 28.1 Å². The number of thiophene rings is 1. The quantitative estimate of drug-likeness (QED) is 0.185. The molecule has 0 spiro atoms. The first-order chi connectivity index (χ1) is 20.9. The number of aromatic nitrogens is 2. The maximum atomic E-state index is 14.0. The highest BCUT2D eigenvalue weighted by Gasteiger charge is 2.27. The summed E-state index contributed by atoms with van der Waals surface area (Å²) in [5.41, 5.74) is 3.30. The molecule has 0 aliphatic carbocycles. The van der Waals surface area contributed by atoms with E-state index in [1.807, 2.05) is 18.4 Å². The number of nitrogens with one attached hydrogen (secondary N) is 3. The number of aromatic amines is 1. The SMILES string of the molecule is CCCNC(=O)c1ccc(-c2cc3c(cc2C(=O)Nc2ccc4[nH]ccc4c2C#N)-c2sccc2CCO3)c(C(=O)O)n1. The lowest BCUT2D eigenvalue weighted by Gasteiger charge is -2.17. The molecule has 43 heavy (non-hydrogen) atoms. The van der Waals surface area contributed by atoms with Crippen LogP contribution in [-0.4, -0.2) is 46.0 Å². The van der Waals surface area contributed by atoms with Crippen LogP contribution in [0.2, 0.25) is 0 Å². The van der Waals surface area contributed by atoms with Crippen molar-refractivity contribution in [1.29, 1.82) is 5.26 Å². The molecular formula is C32H25N5O5S. The van der Waals surface area contributed by atoms with Crippen LogP contribution in [0.25, 0.3) is 32.5 Å². The van der Waals surface area contributed by atoms with Gasteiger partial charge in [-0.15, -0.1) is 11.3 Å². The fourth-order valence-corrected chi connectivity index (χ4v) is 6.15. The van der Waals surface area contributed by atoms with Crippen molar-refractivity contribution in [3.8, 4) is 33.4 Å². The highest BCUT2D eigenvalue weighted by molar-refractivity contribution is 7.13. The number of hydrogen-bond donors (Lipinski definition) is 4. The Hall–Kier alpha value is -5.47. The summed E-state index contributed by atoms with van der Waals surface area (Å²) < 4.78 is 6.08. The number of carbonyl (C=O) groups is 3. The van der Waals surface area contributed by atoms with Crippen molar-refractivity contribution < 1.29 is 24.2 Å². The van der Waals surface area contributed by atoms with Gasteiger partial charge in [0.2, 0.25) is 0 Å². The van der Waals surface area contributed by atoms with Crippen molar-refractivity contribution in [1.82, 2.24) is 15.3 Å². The second-order valence-electron chi connectivity index (χ2n) is 9.91. The summed E-state index contributed by atoms with van der Waals surface area (Å²) in [6.45, 7) is 2.73. The summed E-state index contributed by atoms with van der Waals surface area (Å²) >= 11 is 1.53. The van der Waals surface area contributed by atoms with Crippen molar-refractivity contribution in [2.75, 3.05) is 18.5 Å². The van der Waals surface area contributed by atoms with Gasteiger partial charge in [-0.25, -0.2) is 9.78 Å². The zero-order chi connectivity index (χ0) is 30.1. The normalized spacial score (nSPS) is 11.9. The fraction of sp³-hybridized carbons (Fsp3) is 0.156. The van der Waals surface area contributed by atoms with E-state index in [0.717, 1.165) is 16.0 Å². The van der Waals surface area contributed by atoms with Gasteiger partial charge in [0.25, 0.3) is 11.8 Å². The standard InChI is InChI=1S/C32H25N5O5S/c1-2-10-35-31(39)26-4-3-19(28(36-26)32(40)41)20-15-27-22(29-17(8-12-42-27)9-13-43-29)14-21(20)30(38)37-25-6-5-24-18(7-11-34-24)23(25)16-33/h3-7,9,11,13-15,34H,2,8,10,12H2,1H3,(H,35,39)(H,37,38)(H,40,41). The van der Waals surface area contributed by atoms with Crippen molar-refractivity contribution >= 4 is 45.7 Å². The molecule has 0 saturated heterocycles. The molecule has 4 N–H and O–H groups in total. The number of amides is 2. The van der Waals surface area contributed by atoms with Gasteiger partial charge in [0.15, 0.2) is 5.69 Å². The average molecular weight is 592 g/mol. The minimum Gasteiger partial charge on any atom is -0.493 e. The highest BCUT2D eigenvalue weighted by atomic mass is 32.1. The minimum absolute atomic E-state index is 0.0479. The van der Waals surface area contributed by atoms with Crippen LogP contribution in [0.1, 0.15) is 55.8 Å². The maximum Gasteiger partial charge on any atom is 0.355 e. The molecule has 6 rings (SSSR count). The molecule has 2 amide bonds. The Kier molecular flexibility index (Phi) is 7.36. The van der Waals surface area contributed by atoms with Crippen LogP contribution in [0.15, 0.2) is 60.1 Å².